The summed E-state index contributed by atoms with van der Waals surface area (Å²) in [6, 6.07) is 5.52. The number of aromatic hydroxyl groups is 1. The van der Waals surface area contributed by atoms with Gasteiger partial charge in [0.2, 0.25) is 0 Å². The predicted molar refractivity (Wildman–Crippen MR) is 55.0 cm³/mol. The average molecular weight is 212 g/mol. The summed E-state index contributed by atoms with van der Waals surface area (Å²) in [5, 5.41) is 8.99. The third-order valence-electron chi connectivity index (χ3n) is 1.75. The molecule has 76 valence electrons. The van der Waals surface area contributed by atoms with Gasteiger partial charge in [0, 0.05) is 0 Å². The second kappa shape index (κ2) is 4.28. The molecule has 1 aromatic carbocycles. The number of sulfone groups is 1. The molecule has 0 saturated heterocycles. The van der Waals surface area contributed by atoms with Crippen LogP contribution in [0.3, 0.4) is 0 Å². The quantitative estimate of drug-likeness (QED) is 0.776. The van der Waals surface area contributed by atoms with E-state index in [1.165, 1.54) is 24.3 Å². The molecule has 0 spiro atoms. The molecule has 0 aliphatic heterocycles. The molecule has 0 bridgehead atoms. The second-order valence-electron chi connectivity index (χ2n) is 2.84. The standard InChI is InChI=1S/C10H12O3S/c1-2-3-8-14(12,13)10-6-4-9(11)5-7-10/h2-7,11H,8H2,1H3. The summed E-state index contributed by atoms with van der Waals surface area (Å²) >= 11 is 0. The molecule has 4 heteroatoms. The molecule has 0 fully saturated rings. The Morgan fingerprint density at radius 3 is 2.36 bits per heavy atom. The van der Waals surface area contributed by atoms with E-state index >= 15 is 0 Å². The van der Waals surface area contributed by atoms with Gasteiger partial charge in [0.15, 0.2) is 9.84 Å². The van der Waals surface area contributed by atoms with E-state index in [1.807, 2.05) is 0 Å². The van der Waals surface area contributed by atoms with Gasteiger partial charge >= 0.3 is 0 Å². The van der Waals surface area contributed by atoms with E-state index in [9.17, 15) is 8.42 Å². The SMILES string of the molecule is CC=CCS(=O)(=O)c1ccc(O)cc1. The normalized spacial score (nSPS) is 12.1. The van der Waals surface area contributed by atoms with E-state index in [4.69, 9.17) is 5.11 Å². The molecule has 0 heterocycles. The van der Waals surface area contributed by atoms with Crippen LogP contribution in [0.2, 0.25) is 0 Å². The highest BCUT2D eigenvalue weighted by Gasteiger charge is 2.11. The molecule has 3 nitrogen and oxygen atoms in total. The lowest BCUT2D eigenvalue weighted by atomic mass is 10.3. The first-order chi connectivity index (χ1) is 6.56. The summed E-state index contributed by atoms with van der Waals surface area (Å²) < 4.78 is 23.1. The fourth-order valence-electron chi connectivity index (χ4n) is 0.973. The minimum atomic E-state index is -3.24. The fourth-order valence-corrected chi connectivity index (χ4v) is 2.16. The topological polar surface area (TPSA) is 54.4 Å². The number of phenols is 1. The molecular weight excluding hydrogens is 200 g/mol. The van der Waals surface area contributed by atoms with Crippen LogP contribution in [0.5, 0.6) is 5.75 Å². The van der Waals surface area contributed by atoms with Gasteiger partial charge in [0.1, 0.15) is 5.75 Å². The van der Waals surface area contributed by atoms with Crippen LogP contribution in [0.1, 0.15) is 6.92 Å². The Morgan fingerprint density at radius 1 is 1.29 bits per heavy atom. The van der Waals surface area contributed by atoms with Gasteiger partial charge in [-0.05, 0) is 31.2 Å². The number of allylic oxidation sites excluding steroid dienone is 1. The minimum Gasteiger partial charge on any atom is -0.508 e. The maximum Gasteiger partial charge on any atom is 0.181 e. The third-order valence-corrected chi connectivity index (χ3v) is 3.37. The zero-order chi connectivity index (χ0) is 10.6. The molecule has 0 aliphatic carbocycles. The molecule has 0 atom stereocenters. The van der Waals surface area contributed by atoms with Crippen LogP contribution in [0.25, 0.3) is 0 Å². The molecule has 1 N–H and O–H groups in total. The average Bonchev–Trinajstić information content (AvgIpc) is 2.16. The lowest BCUT2D eigenvalue weighted by Gasteiger charge is -2.00. The highest BCUT2D eigenvalue weighted by molar-refractivity contribution is 7.91. The summed E-state index contributed by atoms with van der Waals surface area (Å²) in [5.74, 6) is 0.0591. The highest BCUT2D eigenvalue weighted by atomic mass is 32.2. The van der Waals surface area contributed by atoms with Gasteiger partial charge in [-0.1, -0.05) is 12.2 Å². The van der Waals surface area contributed by atoms with Crippen molar-refractivity contribution in [3.63, 3.8) is 0 Å². The van der Waals surface area contributed by atoms with Crippen LogP contribution in [-0.2, 0) is 9.84 Å². The summed E-state index contributed by atoms with van der Waals surface area (Å²) in [7, 11) is -3.24. The van der Waals surface area contributed by atoms with Crippen molar-refractivity contribution in [3.05, 3.63) is 36.4 Å². The Kier molecular flexibility index (Phi) is 3.30. The van der Waals surface area contributed by atoms with Crippen molar-refractivity contribution in [2.75, 3.05) is 5.75 Å². The molecule has 0 saturated carbocycles. The van der Waals surface area contributed by atoms with Gasteiger partial charge in [0.25, 0.3) is 0 Å². The van der Waals surface area contributed by atoms with Gasteiger partial charge < -0.3 is 5.11 Å². The summed E-state index contributed by atoms with van der Waals surface area (Å²) in [4.78, 5) is 0.230. The summed E-state index contributed by atoms with van der Waals surface area (Å²) in [6.07, 6.45) is 3.28. The van der Waals surface area contributed by atoms with Crippen molar-refractivity contribution in [2.45, 2.75) is 11.8 Å². The van der Waals surface area contributed by atoms with Crippen LogP contribution in [-0.4, -0.2) is 19.3 Å². The molecule has 1 aromatic rings. The van der Waals surface area contributed by atoms with Crippen LogP contribution in [0.4, 0.5) is 0 Å². The molecule has 0 radical (unpaired) electrons. The molecule has 0 amide bonds. The second-order valence-corrected chi connectivity index (χ2v) is 4.88. The molecular formula is C10H12O3S. The number of benzene rings is 1. The van der Waals surface area contributed by atoms with E-state index in [-0.39, 0.29) is 16.4 Å². The maximum absolute atomic E-state index is 11.6. The van der Waals surface area contributed by atoms with Crippen LogP contribution >= 0.6 is 0 Å². The van der Waals surface area contributed by atoms with Crippen molar-refractivity contribution >= 4 is 9.84 Å². The van der Waals surface area contributed by atoms with E-state index < -0.39 is 9.84 Å². The Labute approximate surface area is 83.6 Å². The van der Waals surface area contributed by atoms with E-state index in [2.05, 4.69) is 0 Å². The molecule has 0 aliphatic rings. The highest BCUT2D eigenvalue weighted by Crippen LogP contribution is 2.15. The third kappa shape index (κ3) is 2.60. The van der Waals surface area contributed by atoms with Crippen LogP contribution in [0, 0.1) is 0 Å². The van der Waals surface area contributed by atoms with E-state index in [0.717, 1.165) is 0 Å². The van der Waals surface area contributed by atoms with Gasteiger partial charge in [-0.3, -0.25) is 0 Å². The Morgan fingerprint density at radius 2 is 1.86 bits per heavy atom. The van der Waals surface area contributed by atoms with Crippen LogP contribution in [0.15, 0.2) is 41.3 Å². The Balaban J connectivity index is 2.99. The van der Waals surface area contributed by atoms with Crippen molar-refractivity contribution in [3.8, 4) is 5.75 Å². The van der Waals surface area contributed by atoms with E-state index in [1.54, 1.807) is 19.1 Å². The van der Waals surface area contributed by atoms with Crippen LogP contribution < -0.4 is 0 Å². The van der Waals surface area contributed by atoms with Crippen molar-refractivity contribution < 1.29 is 13.5 Å². The number of hydrogen-bond acceptors (Lipinski definition) is 3. The number of hydrogen-bond donors (Lipinski definition) is 1. The van der Waals surface area contributed by atoms with E-state index in [0.29, 0.717) is 0 Å². The van der Waals surface area contributed by atoms with Gasteiger partial charge in [0.05, 0.1) is 10.6 Å². The molecule has 1 rings (SSSR count). The van der Waals surface area contributed by atoms with Gasteiger partial charge in [-0.25, -0.2) is 8.42 Å². The first-order valence-corrected chi connectivity index (χ1v) is 5.84. The molecule has 0 unspecified atom stereocenters. The fraction of sp³-hybridized carbons (Fsp3) is 0.200. The molecule has 0 aromatic heterocycles. The maximum atomic E-state index is 11.6. The zero-order valence-corrected chi connectivity index (χ0v) is 8.66. The molecule has 14 heavy (non-hydrogen) atoms. The number of phenolic OH excluding ortho intramolecular Hbond substituents is 1. The smallest absolute Gasteiger partial charge is 0.181 e. The predicted octanol–water partition coefficient (Wildman–Crippen LogP) is 1.74. The van der Waals surface area contributed by atoms with Gasteiger partial charge in [-0.2, -0.15) is 0 Å². The van der Waals surface area contributed by atoms with Gasteiger partial charge in [-0.15, -0.1) is 0 Å². The van der Waals surface area contributed by atoms with Crippen molar-refractivity contribution in [1.82, 2.24) is 0 Å². The number of rotatable bonds is 3. The lowest BCUT2D eigenvalue weighted by molar-refractivity contribution is 0.475. The Bertz CT molecular complexity index is 415. The first-order valence-electron chi connectivity index (χ1n) is 4.19. The summed E-state index contributed by atoms with van der Waals surface area (Å²) in [5.41, 5.74) is 0. The van der Waals surface area contributed by atoms with Crippen molar-refractivity contribution in [1.29, 1.82) is 0 Å². The largest absolute Gasteiger partial charge is 0.508 e. The zero-order valence-electron chi connectivity index (χ0n) is 7.84. The first kappa shape index (κ1) is 10.8. The minimum absolute atomic E-state index is 0.00568. The summed E-state index contributed by atoms with van der Waals surface area (Å²) in [6.45, 7) is 1.77. The monoisotopic (exact) mass is 212 g/mol. The Hall–Kier alpha value is -1.29. The van der Waals surface area contributed by atoms with Crippen molar-refractivity contribution in [2.24, 2.45) is 0 Å². The lowest BCUT2D eigenvalue weighted by Crippen LogP contribution is -2.03.